The molecule has 0 radical (unpaired) electrons. The van der Waals surface area contributed by atoms with Gasteiger partial charge in [0, 0.05) is 13.5 Å². The minimum Gasteiger partial charge on any atom is -0.331 e. The molecule has 1 aromatic carbocycles. The molecule has 3 nitrogen and oxygen atoms in total. The fourth-order valence-electron chi connectivity index (χ4n) is 3.47. The summed E-state index contributed by atoms with van der Waals surface area (Å²) in [6.07, 6.45) is 6.52. The highest BCUT2D eigenvalue weighted by Crippen LogP contribution is 2.34. The third-order valence-corrected chi connectivity index (χ3v) is 4.76. The fraction of sp³-hybridized carbons (Fsp3) is 0.739. The Balaban J connectivity index is 2.96. The summed E-state index contributed by atoms with van der Waals surface area (Å²) in [5.74, 6) is -2.66. The average molecular weight is 401 g/mol. The van der Waals surface area contributed by atoms with Crippen LogP contribution in [0.3, 0.4) is 0 Å². The van der Waals surface area contributed by atoms with Crippen LogP contribution in [0.4, 0.5) is 8.78 Å². The molecule has 0 aliphatic heterocycles. The molecule has 0 spiro atoms. The molecular formula is C23H38F2O3. The van der Waals surface area contributed by atoms with E-state index in [9.17, 15) is 8.78 Å². The van der Waals surface area contributed by atoms with E-state index in [4.69, 9.17) is 14.2 Å². The Bertz CT molecular complexity index is 551. The predicted molar refractivity (Wildman–Crippen MR) is 109 cm³/mol. The first-order valence-corrected chi connectivity index (χ1v) is 10.6. The SMILES string of the molecule is CCCCCCC(CCC(OC)(OC(C)C)OC(C)C)c1ccc(F)c(F)c1. The number of rotatable bonds is 14. The quantitative estimate of drug-likeness (QED) is 0.250. The van der Waals surface area contributed by atoms with Crippen molar-refractivity contribution in [1.82, 2.24) is 0 Å². The molecule has 0 saturated carbocycles. The van der Waals surface area contributed by atoms with Crippen LogP contribution in [0.1, 0.15) is 91.0 Å². The molecule has 1 aromatic rings. The van der Waals surface area contributed by atoms with Gasteiger partial charge < -0.3 is 14.2 Å². The monoisotopic (exact) mass is 400 g/mol. The second-order valence-electron chi connectivity index (χ2n) is 7.98. The van der Waals surface area contributed by atoms with Gasteiger partial charge in [-0.25, -0.2) is 8.78 Å². The lowest BCUT2D eigenvalue weighted by Gasteiger charge is -2.36. The van der Waals surface area contributed by atoms with Crippen LogP contribution in [0, 0.1) is 11.6 Å². The zero-order chi connectivity index (χ0) is 21.2. The summed E-state index contributed by atoms with van der Waals surface area (Å²) < 4.78 is 44.9. The zero-order valence-corrected chi connectivity index (χ0v) is 18.4. The minimum absolute atomic E-state index is 0.0648. The van der Waals surface area contributed by atoms with Crippen molar-refractivity contribution in [3.8, 4) is 0 Å². The largest absolute Gasteiger partial charge is 0.331 e. The first kappa shape index (κ1) is 25.0. The standard InChI is InChI=1S/C23H38F2O3/c1-7-8-9-10-11-19(20-12-13-21(24)22(25)16-20)14-15-23(26-6,27-17(2)3)28-18(4)5/h12-13,16-19H,7-11,14-15H2,1-6H3. The molecule has 0 aliphatic rings. The van der Waals surface area contributed by atoms with Crippen LogP contribution < -0.4 is 0 Å². The van der Waals surface area contributed by atoms with Crippen molar-refractivity contribution in [3.63, 3.8) is 0 Å². The summed E-state index contributed by atoms with van der Waals surface area (Å²) in [7, 11) is 1.58. The Hall–Kier alpha value is -1.04. The third-order valence-electron chi connectivity index (χ3n) is 4.76. The molecule has 0 fully saturated rings. The van der Waals surface area contributed by atoms with Gasteiger partial charge in [0.2, 0.25) is 0 Å². The molecule has 0 N–H and O–H groups in total. The van der Waals surface area contributed by atoms with E-state index in [1.165, 1.54) is 18.6 Å². The number of hydrogen-bond acceptors (Lipinski definition) is 3. The molecule has 1 unspecified atom stereocenters. The van der Waals surface area contributed by atoms with E-state index in [-0.39, 0.29) is 18.1 Å². The van der Waals surface area contributed by atoms with Gasteiger partial charge in [0.1, 0.15) is 0 Å². The molecule has 0 aliphatic carbocycles. The number of benzene rings is 1. The Morgan fingerprint density at radius 3 is 2.04 bits per heavy atom. The molecule has 0 heterocycles. The zero-order valence-electron chi connectivity index (χ0n) is 18.4. The van der Waals surface area contributed by atoms with Crippen molar-refractivity contribution in [1.29, 1.82) is 0 Å². The highest BCUT2D eigenvalue weighted by molar-refractivity contribution is 5.21. The lowest BCUT2D eigenvalue weighted by molar-refractivity contribution is -0.395. The molecule has 1 atom stereocenters. The summed E-state index contributed by atoms with van der Waals surface area (Å²) in [5.41, 5.74) is 0.814. The van der Waals surface area contributed by atoms with Crippen molar-refractivity contribution < 1.29 is 23.0 Å². The van der Waals surface area contributed by atoms with E-state index in [0.717, 1.165) is 31.2 Å². The highest BCUT2D eigenvalue weighted by atomic mass is 19.2. The molecule has 0 bridgehead atoms. The number of ether oxygens (including phenoxy) is 3. The summed E-state index contributed by atoms with van der Waals surface area (Å²) in [5, 5.41) is 0. The Labute approximate surface area is 169 Å². The van der Waals surface area contributed by atoms with Crippen LogP contribution in [0.5, 0.6) is 0 Å². The summed E-state index contributed by atoms with van der Waals surface area (Å²) >= 11 is 0. The van der Waals surface area contributed by atoms with Crippen molar-refractivity contribution in [2.45, 2.75) is 104 Å². The molecule has 0 saturated heterocycles. The third kappa shape index (κ3) is 8.54. The van der Waals surface area contributed by atoms with E-state index in [1.807, 2.05) is 27.7 Å². The second kappa shape index (κ2) is 12.5. The van der Waals surface area contributed by atoms with Gasteiger partial charge in [0.05, 0.1) is 12.2 Å². The van der Waals surface area contributed by atoms with Crippen LogP contribution in [-0.2, 0) is 14.2 Å². The molecule has 0 amide bonds. The van der Waals surface area contributed by atoms with Gasteiger partial charge >= 0.3 is 0 Å². The lowest BCUT2D eigenvalue weighted by Crippen LogP contribution is -2.42. The van der Waals surface area contributed by atoms with E-state index in [1.54, 1.807) is 13.2 Å². The Morgan fingerprint density at radius 2 is 1.54 bits per heavy atom. The Kier molecular flexibility index (Phi) is 11.2. The first-order chi connectivity index (χ1) is 13.2. The lowest BCUT2D eigenvalue weighted by atomic mass is 9.88. The van der Waals surface area contributed by atoms with E-state index < -0.39 is 17.6 Å². The van der Waals surface area contributed by atoms with Gasteiger partial charge in [0.25, 0.3) is 5.97 Å². The van der Waals surface area contributed by atoms with Crippen LogP contribution in [0.15, 0.2) is 18.2 Å². The number of unbranched alkanes of at least 4 members (excludes halogenated alkanes) is 3. The van der Waals surface area contributed by atoms with Crippen molar-refractivity contribution in [2.24, 2.45) is 0 Å². The summed E-state index contributed by atoms with van der Waals surface area (Å²) in [6, 6.07) is 4.22. The van der Waals surface area contributed by atoms with E-state index in [2.05, 4.69) is 6.92 Å². The first-order valence-electron chi connectivity index (χ1n) is 10.6. The van der Waals surface area contributed by atoms with Crippen LogP contribution in [0.2, 0.25) is 0 Å². The normalized spacial score (nSPS) is 13.5. The smallest absolute Gasteiger partial charge is 0.283 e. The highest BCUT2D eigenvalue weighted by Gasteiger charge is 2.35. The van der Waals surface area contributed by atoms with Crippen molar-refractivity contribution >= 4 is 0 Å². The maximum absolute atomic E-state index is 13.8. The maximum Gasteiger partial charge on any atom is 0.283 e. The van der Waals surface area contributed by atoms with Gasteiger partial charge in [-0.15, -0.1) is 0 Å². The van der Waals surface area contributed by atoms with Gasteiger partial charge in [-0.05, 0) is 64.2 Å². The average Bonchev–Trinajstić information content (AvgIpc) is 2.62. The minimum atomic E-state index is -1.14. The van der Waals surface area contributed by atoms with Gasteiger partial charge in [-0.3, -0.25) is 0 Å². The fourth-order valence-corrected chi connectivity index (χ4v) is 3.47. The molecule has 1 rings (SSSR count). The van der Waals surface area contributed by atoms with Gasteiger partial charge in [-0.1, -0.05) is 38.7 Å². The molecule has 162 valence electrons. The summed E-state index contributed by atoms with van der Waals surface area (Å²) in [4.78, 5) is 0. The van der Waals surface area contributed by atoms with Gasteiger partial charge in [-0.2, -0.15) is 0 Å². The van der Waals surface area contributed by atoms with Gasteiger partial charge in [0.15, 0.2) is 11.6 Å². The predicted octanol–water partition coefficient (Wildman–Crippen LogP) is 6.95. The topological polar surface area (TPSA) is 27.7 Å². The second-order valence-corrected chi connectivity index (χ2v) is 7.98. The van der Waals surface area contributed by atoms with Crippen molar-refractivity contribution in [2.75, 3.05) is 7.11 Å². The summed E-state index contributed by atoms with van der Waals surface area (Å²) in [6.45, 7) is 9.93. The van der Waals surface area contributed by atoms with E-state index >= 15 is 0 Å². The maximum atomic E-state index is 13.8. The molecule has 28 heavy (non-hydrogen) atoms. The Morgan fingerprint density at radius 1 is 0.893 bits per heavy atom. The number of methoxy groups -OCH3 is 1. The number of halogens is 2. The molecule has 0 aromatic heterocycles. The molecular weight excluding hydrogens is 362 g/mol. The van der Waals surface area contributed by atoms with Crippen molar-refractivity contribution in [3.05, 3.63) is 35.4 Å². The van der Waals surface area contributed by atoms with E-state index in [0.29, 0.717) is 12.8 Å². The van der Waals surface area contributed by atoms with Crippen LogP contribution in [0.25, 0.3) is 0 Å². The van der Waals surface area contributed by atoms with Crippen LogP contribution >= 0.6 is 0 Å². The molecule has 5 heteroatoms. The number of hydrogen-bond donors (Lipinski definition) is 0. The van der Waals surface area contributed by atoms with Crippen LogP contribution in [-0.4, -0.2) is 25.3 Å².